The van der Waals surface area contributed by atoms with Crippen LogP contribution in [0.1, 0.15) is 31.9 Å². The van der Waals surface area contributed by atoms with Gasteiger partial charge in [0.2, 0.25) is 6.04 Å². The van der Waals surface area contributed by atoms with Gasteiger partial charge in [0.05, 0.1) is 28.5 Å². The van der Waals surface area contributed by atoms with E-state index in [1.54, 1.807) is 18.2 Å². The molecule has 2 aromatic carbocycles. The molecule has 0 amide bonds. The molecule has 0 fully saturated rings. The molecule has 2 heterocycles. The number of unbranched alkanes of at least 4 members (excludes halogenated alkanes) is 1. The number of hydrogen-bond acceptors (Lipinski definition) is 8. The summed E-state index contributed by atoms with van der Waals surface area (Å²) >= 11 is 5.67. The van der Waals surface area contributed by atoms with Crippen molar-refractivity contribution in [2.24, 2.45) is 0 Å². The third kappa shape index (κ3) is 7.23. The van der Waals surface area contributed by atoms with Crippen molar-refractivity contribution >= 4 is 50.6 Å². The van der Waals surface area contributed by atoms with Crippen molar-refractivity contribution in [3.05, 3.63) is 86.6 Å². The second-order valence-corrected chi connectivity index (χ2v) is 8.70. The third-order valence-electron chi connectivity index (χ3n) is 5.80. The molecular weight excluding hydrogens is 496 g/mol. The van der Waals surface area contributed by atoms with Crippen LogP contribution in [0.25, 0.3) is 21.8 Å². The van der Waals surface area contributed by atoms with Crippen molar-refractivity contribution in [1.82, 2.24) is 9.97 Å². The number of nitrogens with zero attached hydrogens (tertiary/aromatic N) is 4. The molecule has 1 atom stereocenters. The zero-order valence-corrected chi connectivity index (χ0v) is 21.2. The number of aryl methyl sites for hydroxylation is 1. The Balaban J connectivity index is 0.000000244. The molecule has 0 radical (unpaired) electrons. The zero-order valence-electron chi connectivity index (χ0n) is 20.5. The van der Waals surface area contributed by atoms with Crippen LogP contribution in [-0.2, 0) is 6.42 Å². The molecule has 0 spiro atoms. The summed E-state index contributed by atoms with van der Waals surface area (Å²) in [6.07, 6.45) is 2.88. The Morgan fingerprint density at radius 2 is 1.70 bits per heavy atom. The van der Waals surface area contributed by atoms with Crippen LogP contribution < -0.4 is 11.1 Å². The van der Waals surface area contributed by atoms with Gasteiger partial charge in [-0.25, -0.2) is 0 Å². The lowest BCUT2D eigenvalue weighted by molar-refractivity contribution is -0.517. The molecule has 0 bridgehead atoms. The van der Waals surface area contributed by atoms with Crippen LogP contribution in [0, 0.1) is 20.2 Å². The first-order chi connectivity index (χ1) is 17.8. The summed E-state index contributed by atoms with van der Waals surface area (Å²) in [5.41, 5.74) is 9.92. The SMILES string of the molecule is CCCCNc1c(N)c(CCC(CCl)[N+](=O)[O-])nc2ccccc12.O=[N+]([O-])c1ccc2ccccc2n1. The Bertz CT molecular complexity index is 1380. The van der Waals surface area contributed by atoms with Gasteiger partial charge in [-0.2, -0.15) is 0 Å². The first-order valence-corrected chi connectivity index (χ1v) is 12.5. The van der Waals surface area contributed by atoms with E-state index in [2.05, 4.69) is 22.2 Å². The molecule has 0 aliphatic carbocycles. The molecule has 3 N–H and O–H groups in total. The molecule has 1 unspecified atom stereocenters. The van der Waals surface area contributed by atoms with E-state index in [0.717, 1.165) is 41.4 Å². The van der Waals surface area contributed by atoms with E-state index in [0.29, 0.717) is 29.7 Å². The topological polar surface area (TPSA) is 150 Å². The second-order valence-electron chi connectivity index (χ2n) is 8.40. The summed E-state index contributed by atoms with van der Waals surface area (Å²) in [4.78, 5) is 29.0. The monoisotopic (exact) mass is 524 g/mol. The van der Waals surface area contributed by atoms with E-state index in [9.17, 15) is 20.2 Å². The predicted octanol–water partition coefficient (Wildman–Crippen LogP) is 5.99. The number of nitrogens with two attached hydrogens (primary N) is 1. The highest BCUT2D eigenvalue weighted by atomic mass is 35.5. The fraction of sp³-hybridized carbons (Fsp3) is 0.308. The third-order valence-corrected chi connectivity index (χ3v) is 6.16. The molecular formula is C26H29ClN6O4. The number of nitrogens with one attached hydrogen (secondary N) is 1. The molecule has 0 saturated heterocycles. The fourth-order valence-electron chi connectivity index (χ4n) is 3.75. The maximum Gasteiger partial charge on any atom is 0.364 e. The van der Waals surface area contributed by atoms with E-state index < -0.39 is 11.0 Å². The van der Waals surface area contributed by atoms with Crippen LogP contribution in [0.2, 0.25) is 0 Å². The first kappa shape index (κ1) is 27.5. The number of nitrogen functional groups attached to an aromatic ring is 1. The summed E-state index contributed by atoms with van der Waals surface area (Å²) in [6.45, 7) is 2.96. The first-order valence-electron chi connectivity index (χ1n) is 12.0. The maximum absolute atomic E-state index is 10.9. The predicted molar refractivity (Wildman–Crippen MR) is 148 cm³/mol. The maximum atomic E-state index is 10.9. The lowest BCUT2D eigenvalue weighted by Crippen LogP contribution is -2.22. The van der Waals surface area contributed by atoms with Gasteiger partial charge in [-0.3, -0.25) is 15.1 Å². The summed E-state index contributed by atoms with van der Waals surface area (Å²) in [5, 5.41) is 26.6. The number of halogens is 1. The molecule has 4 aromatic rings. The normalized spacial score (nSPS) is 11.5. The molecule has 2 aromatic heterocycles. The lowest BCUT2D eigenvalue weighted by Gasteiger charge is -2.16. The van der Waals surface area contributed by atoms with Gasteiger partial charge in [0.15, 0.2) is 5.52 Å². The Hall–Kier alpha value is -4.05. The minimum atomic E-state index is -0.782. The minimum absolute atomic E-state index is 0.0118. The van der Waals surface area contributed by atoms with E-state index in [-0.39, 0.29) is 16.6 Å². The van der Waals surface area contributed by atoms with Crippen LogP contribution in [0.15, 0.2) is 60.7 Å². The van der Waals surface area contributed by atoms with Crippen molar-refractivity contribution in [2.75, 3.05) is 23.5 Å². The average Bonchev–Trinajstić information content (AvgIpc) is 2.90. The van der Waals surface area contributed by atoms with Crippen molar-refractivity contribution in [3.63, 3.8) is 0 Å². The van der Waals surface area contributed by atoms with E-state index >= 15 is 0 Å². The van der Waals surface area contributed by atoms with Gasteiger partial charge in [-0.05, 0) is 40.9 Å². The van der Waals surface area contributed by atoms with Crippen LogP contribution in [-0.4, -0.2) is 38.3 Å². The Labute approximate surface area is 219 Å². The number of benzene rings is 2. The summed E-state index contributed by atoms with van der Waals surface area (Å²) in [5.74, 6) is -0.124. The second kappa shape index (κ2) is 13.3. The van der Waals surface area contributed by atoms with Crippen molar-refractivity contribution < 1.29 is 9.85 Å². The molecule has 194 valence electrons. The van der Waals surface area contributed by atoms with Gasteiger partial charge in [-0.1, -0.05) is 49.7 Å². The van der Waals surface area contributed by atoms with Gasteiger partial charge in [0.25, 0.3) is 0 Å². The molecule has 0 aliphatic rings. The number of aromatic nitrogens is 2. The van der Waals surface area contributed by atoms with Crippen LogP contribution in [0.5, 0.6) is 0 Å². The number of pyridine rings is 2. The number of hydrogen-bond donors (Lipinski definition) is 2. The number of anilines is 2. The Morgan fingerprint density at radius 3 is 2.38 bits per heavy atom. The number of nitro groups is 2. The Morgan fingerprint density at radius 1 is 1.00 bits per heavy atom. The van der Waals surface area contributed by atoms with Gasteiger partial charge in [0.1, 0.15) is 0 Å². The Kier molecular flexibility index (Phi) is 9.91. The van der Waals surface area contributed by atoms with Gasteiger partial charge < -0.3 is 21.2 Å². The molecule has 37 heavy (non-hydrogen) atoms. The summed E-state index contributed by atoms with van der Waals surface area (Å²) in [7, 11) is 0. The van der Waals surface area contributed by atoms with Crippen molar-refractivity contribution in [1.29, 1.82) is 0 Å². The van der Waals surface area contributed by atoms with Gasteiger partial charge in [-0.15, -0.1) is 11.6 Å². The highest BCUT2D eigenvalue weighted by Gasteiger charge is 2.20. The van der Waals surface area contributed by atoms with E-state index in [1.807, 2.05) is 36.4 Å². The van der Waals surface area contributed by atoms with Gasteiger partial charge in [0, 0.05) is 34.7 Å². The van der Waals surface area contributed by atoms with Crippen LogP contribution in [0.3, 0.4) is 0 Å². The number of rotatable bonds is 10. The molecule has 0 saturated carbocycles. The summed E-state index contributed by atoms with van der Waals surface area (Å²) < 4.78 is 0. The van der Waals surface area contributed by atoms with Crippen LogP contribution in [0.4, 0.5) is 17.2 Å². The highest BCUT2D eigenvalue weighted by Crippen LogP contribution is 2.31. The lowest BCUT2D eigenvalue weighted by atomic mass is 10.1. The zero-order chi connectivity index (χ0) is 26.8. The number of fused-ring (bicyclic) bond motifs is 2. The summed E-state index contributed by atoms with van der Waals surface area (Å²) in [6, 6.07) is 17.4. The van der Waals surface area contributed by atoms with E-state index in [1.165, 1.54) is 6.07 Å². The van der Waals surface area contributed by atoms with Crippen molar-refractivity contribution in [2.45, 2.75) is 38.6 Å². The highest BCUT2D eigenvalue weighted by molar-refractivity contribution is 6.18. The standard InChI is InChI=1S/C17H23ClN4O2.C9H6N2O2/c1-2-3-10-20-17-13-6-4-5-7-14(13)21-15(16(17)19)9-8-12(11-18)22(23)24;12-11(13)9-6-5-7-3-1-2-4-8(7)10-9/h4-7,12H,2-3,8-11,19H2,1H3,(H,20,21);1-6H. The average molecular weight is 525 g/mol. The fourth-order valence-corrected chi connectivity index (χ4v) is 4.01. The molecule has 4 rings (SSSR count). The van der Waals surface area contributed by atoms with Gasteiger partial charge >= 0.3 is 5.82 Å². The number of alkyl halides is 1. The molecule has 10 nitrogen and oxygen atoms in total. The smallest absolute Gasteiger partial charge is 0.364 e. The molecule has 11 heteroatoms. The minimum Gasteiger partial charge on any atom is -0.396 e. The quantitative estimate of drug-likeness (QED) is 0.111. The van der Waals surface area contributed by atoms with E-state index in [4.69, 9.17) is 17.3 Å². The number of para-hydroxylation sites is 2. The van der Waals surface area contributed by atoms with Crippen molar-refractivity contribution in [3.8, 4) is 0 Å². The largest absolute Gasteiger partial charge is 0.396 e. The molecule has 0 aliphatic heterocycles. The van der Waals surface area contributed by atoms with Crippen LogP contribution >= 0.6 is 11.6 Å².